The third-order valence-electron chi connectivity index (χ3n) is 4.21. The fourth-order valence-corrected chi connectivity index (χ4v) is 2.91. The van der Waals surface area contributed by atoms with Gasteiger partial charge in [-0.3, -0.25) is 19.5 Å². The average molecular weight is 385 g/mol. The van der Waals surface area contributed by atoms with E-state index < -0.39 is 5.54 Å². The number of amides is 2. The second-order valence-electron chi connectivity index (χ2n) is 6.20. The number of aromatic nitrogens is 3. The molecule has 3 rings (SSSR count). The molecule has 1 unspecified atom stereocenters. The van der Waals surface area contributed by atoms with E-state index in [4.69, 9.17) is 5.73 Å². The van der Waals surface area contributed by atoms with Crippen molar-refractivity contribution in [3.05, 3.63) is 42.1 Å². The third kappa shape index (κ3) is 3.90. The Labute approximate surface area is 160 Å². The zero-order chi connectivity index (χ0) is 19.6. The zero-order valence-corrected chi connectivity index (χ0v) is 15.9. The summed E-state index contributed by atoms with van der Waals surface area (Å²) in [6, 6.07) is 3.33. The van der Waals surface area contributed by atoms with E-state index in [0.29, 0.717) is 11.4 Å². The molecule has 0 radical (unpaired) electrons. The van der Waals surface area contributed by atoms with Gasteiger partial charge in [0, 0.05) is 18.9 Å². The molecule has 0 spiro atoms. The van der Waals surface area contributed by atoms with E-state index in [2.05, 4.69) is 25.3 Å². The van der Waals surface area contributed by atoms with Gasteiger partial charge in [0.2, 0.25) is 5.91 Å². The van der Waals surface area contributed by atoms with Crippen LogP contribution in [0.1, 0.15) is 29.5 Å². The highest BCUT2D eigenvalue weighted by Gasteiger charge is 2.37. The van der Waals surface area contributed by atoms with Crippen molar-refractivity contribution in [3.8, 4) is 0 Å². The second-order valence-corrected chi connectivity index (χ2v) is 7.03. The molecule has 1 atom stereocenters. The largest absolute Gasteiger partial charge is 0.369 e. The molecular formula is C17H19N7O2S. The minimum atomic E-state index is -0.895. The Balaban J connectivity index is 1.83. The molecule has 3 N–H and O–H groups in total. The highest BCUT2D eigenvalue weighted by molar-refractivity contribution is 7.98. The molecule has 0 aliphatic carbocycles. The Kier molecular flexibility index (Phi) is 5.08. The van der Waals surface area contributed by atoms with Gasteiger partial charge in [0.25, 0.3) is 5.91 Å². The molecule has 2 amide bonds. The summed E-state index contributed by atoms with van der Waals surface area (Å²) in [7, 11) is 1.58. The predicted molar refractivity (Wildman–Crippen MR) is 102 cm³/mol. The summed E-state index contributed by atoms with van der Waals surface area (Å²) in [6.07, 6.45) is 6.53. The number of guanidine groups is 1. The Hall–Kier alpha value is -3.01. The number of thioether (sulfide) groups is 1. The molecule has 1 aliphatic heterocycles. The van der Waals surface area contributed by atoms with Crippen LogP contribution in [0.15, 0.2) is 40.7 Å². The molecule has 1 aliphatic rings. The predicted octanol–water partition coefficient (Wildman–Crippen LogP) is 1.24. The minimum absolute atomic E-state index is 0.133. The molecule has 0 bridgehead atoms. The van der Waals surface area contributed by atoms with Crippen LogP contribution < -0.4 is 11.1 Å². The normalized spacial score (nSPS) is 19.6. The van der Waals surface area contributed by atoms with Gasteiger partial charge in [0.1, 0.15) is 16.3 Å². The maximum absolute atomic E-state index is 12.4. The molecule has 27 heavy (non-hydrogen) atoms. The quantitative estimate of drug-likeness (QED) is 0.758. The number of rotatable bonds is 4. The van der Waals surface area contributed by atoms with Gasteiger partial charge in [-0.25, -0.2) is 15.0 Å². The second kappa shape index (κ2) is 7.31. The minimum Gasteiger partial charge on any atom is -0.369 e. The standard InChI is InChI=1S/C17H19N7O2S/c1-17(7-14(25)24(2)16(18)23-17)12-6-10(4-5-19-12)22-15(26)11-8-21-13(27-3)9-20-11/h4-6,8-9H,7H2,1-3H3,(H2,18,23)(H,19,22,26). The fraction of sp³-hybridized carbons (Fsp3) is 0.294. The van der Waals surface area contributed by atoms with Gasteiger partial charge < -0.3 is 11.1 Å². The van der Waals surface area contributed by atoms with Gasteiger partial charge in [-0.05, 0) is 25.3 Å². The van der Waals surface area contributed by atoms with Crippen LogP contribution in [-0.2, 0) is 10.3 Å². The van der Waals surface area contributed by atoms with Crippen LogP contribution in [0.25, 0.3) is 0 Å². The maximum atomic E-state index is 12.4. The van der Waals surface area contributed by atoms with Crippen molar-refractivity contribution in [2.24, 2.45) is 10.7 Å². The molecule has 140 valence electrons. The van der Waals surface area contributed by atoms with Crippen LogP contribution in [0.4, 0.5) is 5.69 Å². The van der Waals surface area contributed by atoms with Crippen molar-refractivity contribution in [3.63, 3.8) is 0 Å². The summed E-state index contributed by atoms with van der Waals surface area (Å²) in [5.41, 5.74) is 6.20. The molecule has 2 aromatic heterocycles. The highest BCUT2D eigenvalue weighted by atomic mass is 32.2. The number of nitrogens with zero attached hydrogens (tertiary/aromatic N) is 5. The topological polar surface area (TPSA) is 126 Å². The first kappa shape index (κ1) is 18.8. The van der Waals surface area contributed by atoms with Crippen LogP contribution in [0, 0.1) is 0 Å². The molecule has 0 aromatic carbocycles. The first-order valence-corrected chi connectivity index (χ1v) is 9.30. The van der Waals surface area contributed by atoms with Crippen LogP contribution in [-0.4, -0.2) is 50.9 Å². The number of anilines is 1. The molecular weight excluding hydrogens is 366 g/mol. The summed E-state index contributed by atoms with van der Waals surface area (Å²) in [5, 5.41) is 3.49. The molecule has 2 aromatic rings. The highest BCUT2D eigenvalue weighted by Crippen LogP contribution is 2.32. The van der Waals surface area contributed by atoms with Crippen molar-refractivity contribution in [2.75, 3.05) is 18.6 Å². The molecule has 0 saturated carbocycles. The average Bonchev–Trinajstić information content (AvgIpc) is 2.66. The van der Waals surface area contributed by atoms with Gasteiger partial charge in [-0.2, -0.15) is 0 Å². The number of aliphatic imine (C=N–C) groups is 1. The van der Waals surface area contributed by atoms with Crippen molar-refractivity contribution in [2.45, 2.75) is 23.9 Å². The van der Waals surface area contributed by atoms with Crippen molar-refractivity contribution in [1.82, 2.24) is 19.9 Å². The van der Waals surface area contributed by atoms with Crippen LogP contribution >= 0.6 is 11.8 Å². The van der Waals surface area contributed by atoms with E-state index in [0.717, 1.165) is 5.03 Å². The van der Waals surface area contributed by atoms with Crippen LogP contribution in [0.5, 0.6) is 0 Å². The Morgan fingerprint density at radius 2 is 2.11 bits per heavy atom. The smallest absolute Gasteiger partial charge is 0.275 e. The van der Waals surface area contributed by atoms with Crippen LogP contribution in [0.2, 0.25) is 0 Å². The van der Waals surface area contributed by atoms with E-state index in [9.17, 15) is 9.59 Å². The van der Waals surface area contributed by atoms with E-state index in [-0.39, 0.29) is 29.9 Å². The number of nitrogens with one attached hydrogen (secondary N) is 1. The molecule has 0 fully saturated rings. The van der Waals surface area contributed by atoms with E-state index in [1.54, 1.807) is 38.5 Å². The fourth-order valence-electron chi connectivity index (χ4n) is 2.59. The first-order valence-electron chi connectivity index (χ1n) is 8.08. The number of carbonyl (C=O) groups is 2. The number of pyridine rings is 1. The lowest BCUT2D eigenvalue weighted by Crippen LogP contribution is -2.47. The maximum Gasteiger partial charge on any atom is 0.275 e. The van der Waals surface area contributed by atoms with Gasteiger partial charge in [0.05, 0.1) is 24.5 Å². The molecule has 9 nitrogen and oxygen atoms in total. The molecule has 3 heterocycles. The zero-order valence-electron chi connectivity index (χ0n) is 15.1. The van der Waals surface area contributed by atoms with Crippen LogP contribution in [0.3, 0.4) is 0 Å². The summed E-state index contributed by atoms with van der Waals surface area (Å²) < 4.78 is 0. The lowest BCUT2D eigenvalue weighted by Gasteiger charge is -2.32. The number of carbonyl (C=O) groups excluding carboxylic acids is 2. The van der Waals surface area contributed by atoms with E-state index >= 15 is 0 Å². The summed E-state index contributed by atoms with van der Waals surface area (Å²) in [5.74, 6) is -0.403. The lowest BCUT2D eigenvalue weighted by molar-refractivity contribution is -0.128. The van der Waals surface area contributed by atoms with Crippen molar-refractivity contribution >= 4 is 35.2 Å². The number of hydrogen-bond donors (Lipinski definition) is 2. The van der Waals surface area contributed by atoms with Crippen molar-refractivity contribution in [1.29, 1.82) is 0 Å². The number of hydrogen-bond acceptors (Lipinski definition) is 8. The first-order chi connectivity index (χ1) is 12.8. The van der Waals surface area contributed by atoms with E-state index in [1.165, 1.54) is 22.9 Å². The van der Waals surface area contributed by atoms with E-state index in [1.807, 2.05) is 6.26 Å². The van der Waals surface area contributed by atoms with Gasteiger partial charge >= 0.3 is 0 Å². The SMILES string of the molecule is CSc1cnc(C(=O)Nc2ccnc(C3(C)CC(=O)N(C)C(N)=N3)c2)cn1. The third-order valence-corrected chi connectivity index (χ3v) is 4.84. The lowest BCUT2D eigenvalue weighted by atomic mass is 9.91. The number of nitrogens with two attached hydrogens (primary N) is 1. The molecule has 0 saturated heterocycles. The van der Waals surface area contributed by atoms with Gasteiger partial charge in [-0.15, -0.1) is 11.8 Å². The molecule has 10 heteroatoms. The van der Waals surface area contributed by atoms with Gasteiger partial charge in [0.15, 0.2) is 5.96 Å². The summed E-state index contributed by atoms with van der Waals surface area (Å²) >= 11 is 1.44. The monoisotopic (exact) mass is 385 g/mol. The van der Waals surface area contributed by atoms with Gasteiger partial charge in [-0.1, -0.05) is 0 Å². The Morgan fingerprint density at radius 1 is 1.33 bits per heavy atom. The van der Waals surface area contributed by atoms with Crippen molar-refractivity contribution < 1.29 is 9.59 Å². The Bertz CT molecular complexity index is 916. The summed E-state index contributed by atoms with van der Waals surface area (Å²) in [4.78, 5) is 42.8. The Morgan fingerprint density at radius 3 is 2.74 bits per heavy atom. The summed E-state index contributed by atoms with van der Waals surface area (Å²) in [6.45, 7) is 1.78.